The Labute approximate surface area is 120 Å². The minimum absolute atomic E-state index is 0.604. The van der Waals surface area contributed by atoms with Crippen molar-refractivity contribution in [3.63, 3.8) is 0 Å². The van der Waals surface area contributed by atoms with E-state index in [0.717, 1.165) is 0 Å². The van der Waals surface area contributed by atoms with Gasteiger partial charge >= 0.3 is 0 Å². The molecule has 0 radical (unpaired) electrons. The zero-order chi connectivity index (χ0) is 13.4. The maximum Gasteiger partial charge on any atom is 0.00275 e. The fourth-order valence-corrected chi connectivity index (χ4v) is 3.51. The molecule has 0 fully saturated rings. The van der Waals surface area contributed by atoms with Crippen LogP contribution in [-0.2, 0) is 0 Å². The number of hydrogen-bond donors (Lipinski definition) is 0. The topological polar surface area (TPSA) is 0 Å². The highest BCUT2D eigenvalue weighted by Gasteiger charge is 2.21. The Morgan fingerprint density at radius 3 is 1.55 bits per heavy atom. The van der Waals surface area contributed by atoms with E-state index >= 15 is 0 Å². The fourth-order valence-electron chi connectivity index (χ4n) is 3.51. The van der Waals surface area contributed by atoms with E-state index in [1.807, 2.05) is 0 Å². The summed E-state index contributed by atoms with van der Waals surface area (Å²) in [5.41, 5.74) is 5.81. The van der Waals surface area contributed by atoms with E-state index in [1.54, 1.807) is 0 Å². The van der Waals surface area contributed by atoms with Crippen LogP contribution in [0.15, 0.2) is 60.7 Å². The summed E-state index contributed by atoms with van der Waals surface area (Å²) in [6.45, 7) is 0. The number of rotatable bonds is 3. The molecule has 0 saturated carbocycles. The molecule has 2 aliphatic carbocycles. The second-order valence-electron chi connectivity index (χ2n) is 5.77. The first kappa shape index (κ1) is 11.7. The van der Waals surface area contributed by atoms with Crippen LogP contribution in [0.3, 0.4) is 0 Å². The average Bonchev–Trinajstić information content (AvgIpc) is 3.09. The van der Waals surface area contributed by atoms with Crippen molar-refractivity contribution in [1.82, 2.24) is 0 Å². The molecule has 0 saturated heterocycles. The van der Waals surface area contributed by atoms with Crippen molar-refractivity contribution >= 4 is 12.2 Å². The third-order valence-electron chi connectivity index (χ3n) is 4.60. The standard InChI is InChI=1S/C20H18/c1-3-7-19-15(5-1)9-11-17(19)13-14-18-12-10-16-6-2-4-8-20(16)18/h1-12,17-18H,13-14H2/t17-,18-/m0/s1. The third-order valence-corrected chi connectivity index (χ3v) is 4.60. The summed E-state index contributed by atoms with van der Waals surface area (Å²) < 4.78 is 0. The molecule has 0 spiro atoms. The zero-order valence-electron chi connectivity index (χ0n) is 11.5. The van der Waals surface area contributed by atoms with Gasteiger partial charge in [0, 0.05) is 11.8 Å². The second-order valence-corrected chi connectivity index (χ2v) is 5.77. The lowest BCUT2D eigenvalue weighted by molar-refractivity contribution is 0.642. The molecular weight excluding hydrogens is 240 g/mol. The van der Waals surface area contributed by atoms with Gasteiger partial charge in [0.2, 0.25) is 0 Å². The van der Waals surface area contributed by atoms with Crippen LogP contribution in [0.25, 0.3) is 12.2 Å². The second kappa shape index (κ2) is 4.79. The van der Waals surface area contributed by atoms with Crippen molar-refractivity contribution in [3.05, 3.63) is 82.9 Å². The fraction of sp³-hybridized carbons (Fsp3) is 0.200. The quantitative estimate of drug-likeness (QED) is 0.692. The minimum Gasteiger partial charge on any atom is -0.0764 e. The summed E-state index contributed by atoms with van der Waals surface area (Å²) >= 11 is 0. The highest BCUT2D eigenvalue weighted by molar-refractivity contribution is 5.63. The van der Waals surface area contributed by atoms with E-state index in [2.05, 4.69) is 72.8 Å². The molecule has 0 unspecified atom stereocenters. The summed E-state index contributed by atoms with van der Waals surface area (Å²) in [5.74, 6) is 1.21. The molecule has 0 nitrogen and oxygen atoms in total. The highest BCUT2D eigenvalue weighted by atomic mass is 14.2. The first-order valence-electron chi connectivity index (χ1n) is 7.46. The molecule has 2 aromatic rings. The molecule has 0 heterocycles. The van der Waals surface area contributed by atoms with Crippen molar-refractivity contribution in [2.75, 3.05) is 0 Å². The molecule has 0 aromatic heterocycles. The van der Waals surface area contributed by atoms with Gasteiger partial charge in [0.1, 0.15) is 0 Å². The smallest absolute Gasteiger partial charge is 0.00275 e. The van der Waals surface area contributed by atoms with Crippen LogP contribution in [0.5, 0.6) is 0 Å². The van der Waals surface area contributed by atoms with Crippen molar-refractivity contribution in [3.8, 4) is 0 Å². The summed E-state index contributed by atoms with van der Waals surface area (Å²) in [7, 11) is 0. The van der Waals surface area contributed by atoms with E-state index < -0.39 is 0 Å². The van der Waals surface area contributed by atoms with Gasteiger partial charge in [-0.3, -0.25) is 0 Å². The summed E-state index contributed by atoms with van der Waals surface area (Å²) in [6, 6.07) is 17.6. The normalized spacial score (nSPS) is 22.0. The van der Waals surface area contributed by atoms with Gasteiger partial charge in [0.05, 0.1) is 0 Å². The summed E-state index contributed by atoms with van der Waals surface area (Å²) in [5, 5.41) is 0. The van der Waals surface area contributed by atoms with Gasteiger partial charge in [-0.1, -0.05) is 72.8 Å². The van der Waals surface area contributed by atoms with Gasteiger partial charge in [0.15, 0.2) is 0 Å². The molecule has 0 bridgehead atoms. The Kier molecular flexibility index (Phi) is 2.81. The Morgan fingerprint density at radius 1 is 0.600 bits per heavy atom. The van der Waals surface area contributed by atoms with E-state index in [-0.39, 0.29) is 0 Å². The van der Waals surface area contributed by atoms with Crippen LogP contribution < -0.4 is 0 Å². The lowest BCUT2D eigenvalue weighted by atomic mass is 9.89. The SMILES string of the molecule is C1=C[C@@H](CC[C@@H]2C=Cc3ccccc32)c2ccccc21. The van der Waals surface area contributed by atoms with Gasteiger partial charge in [-0.2, -0.15) is 0 Å². The van der Waals surface area contributed by atoms with Crippen molar-refractivity contribution in [2.24, 2.45) is 0 Å². The molecule has 20 heavy (non-hydrogen) atoms. The predicted molar refractivity (Wildman–Crippen MR) is 85.7 cm³/mol. The predicted octanol–water partition coefficient (Wildman–Crippen LogP) is 5.39. The van der Waals surface area contributed by atoms with Crippen LogP contribution in [0.4, 0.5) is 0 Å². The third kappa shape index (κ3) is 1.92. The molecular formula is C20H18. The molecule has 98 valence electrons. The number of hydrogen-bond acceptors (Lipinski definition) is 0. The van der Waals surface area contributed by atoms with Crippen LogP contribution in [-0.4, -0.2) is 0 Å². The molecule has 2 aliphatic rings. The van der Waals surface area contributed by atoms with Gasteiger partial charge < -0.3 is 0 Å². The number of fused-ring (bicyclic) bond motifs is 2. The Morgan fingerprint density at radius 2 is 1.05 bits per heavy atom. The molecule has 2 aromatic carbocycles. The Hall–Kier alpha value is -2.08. The summed E-state index contributed by atoms with van der Waals surface area (Å²) in [4.78, 5) is 0. The Bertz CT molecular complexity index is 629. The molecule has 2 atom stereocenters. The van der Waals surface area contributed by atoms with Gasteiger partial charge in [-0.05, 0) is 35.1 Å². The van der Waals surface area contributed by atoms with Crippen LogP contribution >= 0.6 is 0 Å². The lowest BCUT2D eigenvalue weighted by Gasteiger charge is -2.15. The van der Waals surface area contributed by atoms with E-state index in [9.17, 15) is 0 Å². The molecule has 0 heteroatoms. The average molecular weight is 258 g/mol. The van der Waals surface area contributed by atoms with Gasteiger partial charge in [0.25, 0.3) is 0 Å². The van der Waals surface area contributed by atoms with Crippen LogP contribution in [0.2, 0.25) is 0 Å². The highest BCUT2D eigenvalue weighted by Crippen LogP contribution is 2.38. The van der Waals surface area contributed by atoms with Crippen molar-refractivity contribution < 1.29 is 0 Å². The van der Waals surface area contributed by atoms with Gasteiger partial charge in [-0.25, -0.2) is 0 Å². The van der Waals surface area contributed by atoms with E-state index in [4.69, 9.17) is 0 Å². The van der Waals surface area contributed by atoms with Crippen LogP contribution in [0.1, 0.15) is 46.9 Å². The molecule has 4 rings (SSSR count). The maximum absolute atomic E-state index is 2.37. The van der Waals surface area contributed by atoms with E-state index in [1.165, 1.54) is 35.1 Å². The molecule has 0 aliphatic heterocycles. The van der Waals surface area contributed by atoms with Crippen molar-refractivity contribution in [2.45, 2.75) is 24.7 Å². The first-order valence-corrected chi connectivity index (χ1v) is 7.46. The molecule has 0 amide bonds. The number of allylic oxidation sites excluding steroid dienone is 2. The monoisotopic (exact) mass is 258 g/mol. The zero-order valence-corrected chi connectivity index (χ0v) is 11.5. The first-order chi connectivity index (χ1) is 9.92. The molecule has 0 N–H and O–H groups in total. The lowest BCUT2D eigenvalue weighted by Crippen LogP contribution is -1.98. The Balaban J connectivity index is 1.48. The van der Waals surface area contributed by atoms with E-state index in [0.29, 0.717) is 11.8 Å². The van der Waals surface area contributed by atoms with Crippen LogP contribution in [0, 0.1) is 0 Å². The largest absolute Gasteiger partial charge is 0.0764 e. The van der Waals surface area contributed by atoms with Crippen molar-refractivity contribution in [1.29, 1.82) is 0 Å². The van der Waals surface area contributed by atoms with Gasteiger partial charge in [-0.15, -0.1) is 0 Å². The maximum atomic E-state index is 2.37. The number of benzene rings is 2. The summed E-state index contributed by atoms with van der Waals surface area (Å²) in [6.07, 6.45) is 11.8. The minimum atomic E-state index is 0.604.